The first-order valence-corrected chi connectivity index (χ1v) is 7.19. The third-order valence-corrected chi connectivity index (χ3v) is 3.71. The van der Waals surface area contributed by atoms with Crippen molar-refractivity contribution < 1.29 is 9.53 Å². The maximum Gasteiger partial charge on any atom is 0.320 e. The summed E-state index contributed by atoms with van der Waals surface area (Å²) in [5, 5.41) is 3.31. The molecule has 3 nitrogen and oxygen atoms in total. The van der Waals surface area contributed by atoms with Crippen molar-refractivity contribution in [3.05, 3.63) is 35.9 Å². The van der Waals surface area contributed by atoms with Crippen molar-refractivity contribution in [3.8, 4) is 0 Å². The van der Waals surface area contributed by atoms with E-state index in [2.05, 4.69) is 21.2 Å². The van der Waals surface area contributed by atoms with Crippen LogP contribution in [0, 0.1) is 0 Å². The van der Waals surface area contributed by atoms with Crippen LogP contribution in [0.3, 0.4) is 0 Å². The summed E-state index contributed by atoms with van der Waals surface area (Å²) < 4.78 is 5.80. The predicted molar refractivity (Wildman–Crippen MR) is 74.7 cm³/mol. The maximum atomic E-state index is 11.9. The summed E-state index contributed by atoms with van der Waals surface area (Å²) >= 11 is 3.27. The maximum absolute atomic E-state index is 11.9. The highest BCUT2D eigenvalue weighted by molar-refractivity contribution is 9.10. The Morgan fingerprint density at radius 2 is 1.94 bits per heavy atom. The zero-order valence-electron chi connectivity index (χ0n) is 10.5. The highest BCUT2D eigenvalue weighted by atomic mass is 79.9. The zero-order chi connectivity index (χ0) is 13.0. The molecule has 18 heavy (non-hydrogen) atoms. The van der Waals surface area contributed by atoms with E-state index >= 15 is 0 Å². The smallest absolute Gasteiger partial charge is 0.320 e. The largest absolute Gasteiger partial charge is 0.453 e. The van der Waals surface area contributed by atoms with Crippen LogP contribution in [0.4, 0.5) is 0 Å². The number of hydrogen-bond donors (Lipinski definition) is 1. The van der Waals surface area contributed by atoms with Crippen LogP contribution in [0.2, 0.25) is 0 Å². The summed E-state index contributed by atoms with van der Waals surface area (Å²) in [6.07, 6.45) is 1.64. The molecule has 2 rings (SSSR count). The Morgan fingerprint density at radius 1 is 1.33 bits per heavy atom. The molecule has 1 aromatic rings. The molecule has 4 heteroatoms. The lowest BCUT2D eigenvalue weighted by Gasteiger charge is -2.38. The SMILES string of the molecule is CC(Br)C(=O)OC1(c2ccccc2)CCNCC1. The zero-order valence-corrected chi connectivity index (χ0v) is 12.1. The second-order valence-corrected chi connectivity index (χ2v) is 6.02. The lowest BCUT2D eigenvalue weighted by molar-refractivity contribution is -0.163. The standard InChI is InChI=1S/C14H18BrNO2/c1-11(15)13(17)18-14(7-9-16-10-8-14)12-5-3-2-4-6-12/h2-6,11,16H,7-10H2,1H3. The average Bonchev–Trinajstić information content (AvgIpc) is 2.40. The molecule has 1 aromatic carbocycles. The second-order valence-electron chi connectivity index (χ2n) is 4.65. The Kier molecular flexibility index (Phi) is 4.40. The molecule has 98 valence electrons. The molecule has 0 aliphatic carbocycles. The normalized spacial score (nSPS) is 20.1. The molecule has 1 fully saturated rings. The van der Waals surface area contributed by atoms with E-state index in [1.165, 1.54) is 0 Å². The van der Waals surface area contributed by atoms with Gasteiger partial charge in [-0.1, -0.05) is 46.3 Å². The van der Waals surface area contributed by atoms with E-state index in [0.29, 0.717) is 0 Å². The number of esters is 1. The molecule has 1 aliphatic rings. The fraction of sp³-hybridized carbons (Fsp3) is 0.500. The van der Waals surface area contributed by atoms with Gasteiger partial charge < -0.3 is 10.1 Å². The van der Waals surface area contributed by atoms with Crippen molar-refractivity contribution in [1.29, 1.82) is 0 Å². The Labute approximate surface area is 116 Å². The minimum Gasteiger partial charge on any atom is -0.453 e. The summed E-state index contributed by atoms with van der Waals surface area (Å²) in [5.74, 6) is -0.194. The number of carbonyl (C=O) groups excluding carboxylic acids is 1. The van der Waals surface area contributed by atoms with Crippen LogP contribution in [0.15, 0.2) is 30.3 Å². The number of halogens is 1. The van der Waals surface area contributed by atoms with Crippen molar-refractivity contribution in [2.75, 3.05) is 13.1 Å². The van der Waals surface area contributed by atoms with Crippen LogP contribution < -0.4 is 5.32 Å². The van der Waals surface area contributed by atoms with Gasteiger partial charge in [0.2, 0.25) is 0 Å². The van der Waals surface area contributed by atoms with Gasteiger partial charge in [-0.05, 0) is 25.6 Å². The molecular weight excluding hydrogens is 294 g/mol. The molecule has 1 N–H and O–H groups in total. The summed E-state index contributed by atoms with van der Waals surface area (Å²) in [6.45, 7) is 3.54. The summed E-state index contributed by atoms with van der Waals surface area (Å²) in [4.78, 5) is 11.6. The Hall–Kier alpha value is -0.870. The van der Waals surface area contributed by atoms with Crippen molar-refractivity contribution in [1.82, 2.24) is 5.32 Å². The topological polar surface area (TPSA) is 38.3 Å². The Bertz CT molecular complexity index is 400. The second kappa shape index (κ2) is 5.85. The van der Waals surface area contributed by atoms with Gasteiger partial charge in [-0.3, -0.25) is 4.79 Å². The van der Waals surface area contributed by atoms with Gasteiger partial charge in [-0.2, -0.15) is 0 Å². The molecular formula is C14H18BrNO2. The molecule has 1 heterocycles. The Balaban J connectivity index is 2.26. The van der Waals surface area contributed by atoms with Gasteiger partial charge in [0.05, 0.1) is 0 Å². The number of alkyl halides is 1. The quantitative estimate of drug-likeness (QED) is 0.689. The lowest BCUT2D eigenvalue weighted by Crippen LogP contribution is -2.44. The Morgan fingerprint density at radius 3 is 2.50 bits per heavy atom. The van der Waals surface area contributed by atoms with Crippen molar-refractivity contribution >= 4 is 21.9 Å². The first-order valence-electron chi connectivity index (χ1n) is 6.27. The van der Waals surface area contributed by atoms with E-state index in [1.54, 1.807) is 6.92 Å². The summed E-state index contributed by atoms with van der Waals surface area (Å²) in [5.41, 5.74) is 0.624. The molecule has 0 spiro atoms. The molecule has 1 aliphatic heterocycles. The van der Waals surface area contributed by atoms with Crippen LogP contribution in [0.5, 0.6) is 0 Å². The van der Waals surface area contributed by atoms with E-state index in [0.717, 1.165) is 31.5 Å². The van der Waals surface area contributed by atoms with Crippen molar-refractivity contribution in [3.63, 3.8) is 0 Å². The van der Waals surface area contributed by atoms with E-state index in [1.807, 2.05) is 30.3 Å². The highest BCUT2D eigenvalue weighted by Gasteiger charge is 2.38. The molecule has 0 aromatic heterocycles. The van der Waals surface area contributed by atoms with Crippen LogP contribution in [-0.4, -0.2) is 23.9 Å². The molecule has 0 amide bonds. The van der Waals surface area contributed by atoms with Gasteiger partial charge in [0.25, 0.3) is 0 Å². The minimum atomic E-state index is -0.467. The number of ether oxygens (including phenoxy) is 1. The van der Waals surface area contributed by atoms with Crippen molar-refractivity contribution in [2.45, 2.75) is 30.2 Å². The van der Waals surface area contributed by atoms with E-state index < -0.39 is 5.60 Å². The fourth-order valence-corrected chi connectivity index (χ4v) is 2.39. The van der Waals surface area contributed by atoms with Gasteiger partial charge in [0.15, 0.2) is 0 Å². The molecule has 1 unspecified atom stereocenters. The lowest BCUT2D eigenvalue weighted by atomic mass is 9.85. The van der Waals surface area contributed by atoms with E-state index in [9.17, 15) is 4.79 Å². The van der Waals surface area contributed by atoms with Crippen LogP contribution in [0.25, 0.3) is 0 Å². The molecule has 1 atom stereocenters. The van der Waals surface area contributed by atoms with Crippen LogP contribution in [0.1, 0.15) is 25.3 Å². The average molecular weight is 312 g/mol. The minimum absolute atomic E-state index is 0.194. The van der Waals surface area contributed by atoms with E-state index in [-0.39, 0.29) is 10.8 Å². The van der Waals surface area contributed by atoms with Gasteiger partial charge >= 0.3 is 5.97 Å². The number of piperidine rings is 1. The fourth-order valence-electron chi connectivity index (χ4n) is 2.30. The third-order valence-electron chi connectivity index (χ3n) is 3.33. The third kappa shape index (κ3) is 2.93. The van der Waals surface area contributed by atoms with Crippen LogP contribution in [-0.2, 0) is 15.1 Å². The number of carbonyl (C=O) groups is 1. The highest BCUT2D eigenvalue weighted by Crippen LogP contribution is 2.35. The van der Waals surface area contributed by atoms with Gasteiger partial charge in [0, 0.05) is 12.8 Å². The van der Waals surface area contributed by atoms with Gasteiger partial charge in [0.1, 0.15) is 10.4 Å². The summed E-state index contributed by atoms with van der Waals surface area (Å²) in [7, 11) is 0. The first-order chi connectivity index (χ1) is 8.64. The number of benzene rings is 1. The van der Waals surface area contributed by atoms with Crippen molar-refractivity contribution in [2.24, 2.45) is 0 Å². The monoisotopic (exact) mass is 311 g/mol. The molecule has 0 saturated carbocycles. The molecule has 1 saturated heterocycles. The van der Waals surface area contributed by atoms with Gasteiger partial charge in [-0.15, -0.1) is 0 Å². The number of nitrogens with one attached hydrogen (secondary N) is 1. The number of rotatable bonds is 3. The summed E-state index contributed by atoms with van der Waals surface area (Å²) in [6, 6.07) is 10.0. The van der Waals surface area contributed by atoms with Gasteiger partial charge in [-0.25, -0.2) is 0 Å². The molecule has 0 bridgehead atoms. The van der Waals surface area contributed by atoms with Crippen LogP contribution >= 0.6 is 15.9 Å². The number of hydrogen-bond acceptors (Lipinski definition) is 3. The molecule has 0 radical (unpaired) electrons. The predicted octanol–water partition coefficient (Wildman–Crippen LogP) is 2.59. The van der Waals surface area contributed by atoms with E-state index in [4.69, 9.17) is 4.74 Å². The first kappa shape index (κ1) is 13.6.